The van der Waals surface area contributed by atoms with E-state index in [0.717, 1.165) is 15.7 Å². The van der Waals surface area contributed by atoms with Gasteiger partial charge in [-0.2, -0.15) is 4.31 Å². The zero-order valence-electron chi connectivity index (χ0n) is 23.3. The predicted octanol–water partition coefficient (Wildman–Crippen LogP) is 3.25. The fourth-order valence-electron chi connectivity index (χ4n) is 4.18. The van der Waals surface area contributed by atoms with Gasteiger partial charge in [-0.3, -0.25) is 9.59 Å². The van der Waals surface area contributed by atoms with E-state index in [2.05, 4.69) is 4.98 Å². The molecule has 0 saturated heterocycles. The van der Waals surface area contributed by atoms with Gasteiger partial charge >= 0.3 is 0 Å². The zero-order chi connectivity index (χ0) is 28.7. The molecule has 10 nitrogen and oxygen atoms in total. The first-order chi connectivity index (χ1) is 18.4. The Labute approximate surface area is 230 Å². The molecule has 0 atom stereocenters. The monoisotopic (exact) mass is 556 g/mol. The highest BCUT2D eigenvalue weighted by Crippen LogP contribution is 2.27. The number of sulfonamides is 1. The number of benzene rings is 2. The molecule has 0 radical (unpaired) electrons. The van der Waals surface area contributed by atoms with Crippen LogP contribution in [0.1, 0.15) is 35.4 Å². The summed E-state index contributed by atoms with van der Waals surface area (Å²) in [5, 5.41) is 0. The molecule has 39 heavy (non-hydrogen) atoms. The summed E-state index contributed by atoms with van der Waals surface area (Å²) in [6.07, 6.45) is 3.51. The maximum atomic E-state index is 13.1. The van der Waals surface area contributed by atoms with Crippen LogP contribution >= 0.6 is 0 Å². The summed E-state index contributed by atoms with van der Waals surface area (Å²) >= 11 is 0. The van der Waals surface area contributed by atoms with E-state index in [-0.39, 0.29) is 36.0 Å². The van der Waals surface area contributed by atoms with Crippen molar-refractivity contribution >= 4 is 21.7 Å². The molecule has 0 aliphatic rings. The number of hydrogen-bond acceptors (Lipinski definition) is 7. The fraction of sp³-hybridized carbons (Fsp3) is 0.393. The van der Waals surface area contributed by atoms with Crippen molar-refractivity contribution in [1.29, 1.82) is 0 Å². The van der Waals surface area contributed by atoms with E-state index in [4.69, 9.17) is 9.47 Å². The number of amides is 1. The van der Waals surface area contributed by atoms with Crippen LogP contribution in [-0.2, 0) is 39.8 Å². The number of Topliss-reactive ketones (excluding diaryl/α,β-unsaturated/α-hetero) is 1. The third-order valence-electron chi connectivity index (χ3n) is 6.41. The summed E-state index contributed by atoms with van der Waals surface area (Å²) in [6, 6.07) is 10.7. The van der Waals surface area contributed by atoms with Crippen LogP contribution in [0.25, 0.3) is 0 Å². The Morgan fingerprint density at radius 2 is 1.64 bits per heavy atom. The highest BCUT2D eigenvalue weighted by molar-refractivity contribution is 7.89. The number of nitrogens with zero attached hydrogens (tertiary/aromatic N) is 4. The minimum Gasteiger partial charge on any atom is -0.497 e. The first-order valence-electron chi connectivity index (χ1n) is 12.5. The van der Waals surface area contributed by atoms with E-state index in [9.17, 15) is 18.0 Å². The van der Waals surface area contributed by atoms with Crippen molar-refractivity contribution in [3.05, 3.63) is 71.3 Å². The maximum absolute atomic E-state index is 13.1. The average Bonchev–Trinajstić information content (AvgIpc) is 3.30. The minimum absolute atomic E-state index is 0.00529. The molecule has 11 heteroatoms. The van der Waals surface area contributed by atoms with E-state index in [1.54, 1.807) is 44.1 Å². The molecule has 3 aromatic rings. The van der Waals surface area contributed by atoms with Gasteiger partial charge in [0.05, 0.1) is 18.6 Å². The van der Waals surface area contributed by atoms with Crippen LogP contribution in [0, 0.1) is 13.8 Å². The number of likely N-dealkylation sites (N-methyl/N-ethyl adjacent to an activating group) is 1. The first kappa shape index (κ1) is 29.9. The molecule has 0 aliphatic heterocycles. The van der Waals surface area contributed by atoms with E-state index in [1.165, 1.54) is 14.2 Å². The molecule has 3 rings (SSSR count). The molecule has 210 valence electrons. The fourth-order valence-corrected chi connectivity index (χ4v) is 5.73. The van der Waals surface area contributed by atoms with Gasteiger partial charge < -0.3 is 18.9 Å². The summed E-state index contributed by atoms with van der Waals surface area (Å²) < 4.78 is 40.2. The average molecular weight is 557 g/mol. The Morgan fingerprint density at radius 1 is 1.00 bits per heavy atom. The second kappa shape index (κ2) is 12.9. The van der Waals surface area contributed by atoms with Gasteiger partial charge in [-0.15, -0.1) is 0 Å². The second-order valence-corrected chi connectivity index (χ2v) is 11.5. The van der Waals surface area contributed by atoms with Crippen LogP contribution < -0.4 is 9.47 Å². The van der Waals surface area contributed by atoms with Crippen LogP contribution in [0.5, 0.6) is 11.5 Å². The number of carbonyl (C=O) groups excluding carboxylic acids is 2. The molecule has 0 spiro atoms. The van der Waals surface area contributed by atoms with E-state index in [0.29, 0.717) is 35.8 Å². The van der Waals surface area contributed by atoms with Crippen LogP contribution in [0.4, 0.5) is 0 Å². The van der Waals surface area contributed by atoms with E-state index in [1.807, 2.05) is 42.1 Å². The number of rotatable bonds is 13. The van der Waals surface area contributed by atoms with Crippen molar-refractivity contribution in [2.24, 2.45) is 7.05 Å². The molecule has 0 bridgehead atoms. The van der Waals surface area contributed by atoms with E-state index < -0.39 is 10.0 Å². The van der Waals surface area contributed by atoms with Crippen molar-refractivity contribution in [2.75, 3.05) is 27.7 Å². The summed E-state index contributed by atoms with van der Waals surface area (Å²) in [4.78, 5) is 31.1. The third-order valence-corrected chi connectivity index (χ3v) is 8.52. The van der Waals surface area contributed by atoms with Gasteiger partial charge in [0.25, 0.3) is 0 Å². The Hall–Kier alpha value is -3.70. The molecule has 1 heterocycles. The highest BCUT2D eigenvalue weighted by Gasteiger charge is 2.27. The lowest BCUT2D eigenvalue weighted by molar-refractivity contribution is -0.132. The standard InChI is InChI=1S/C28H36N4O6S/c1-20-15-25(37-6)16-21(2)28(20)39(35,36)32(5)18-23(33)9-12-27(34)31(4)17-22-7-10-24(11-8-22)38-19-26-29-13-14-30(26)3/h7-8,10-11,13-16H,9,12,17-19H2,1-6H3. The predicted molar refractivity (Wildman–Crippen MR) is 147 cm³/mol. The SMILES string of the molecule is COc1cc(C)c(S(=O)(=O)N(C)CC(=O)CCC(=O)N(C)Cc2ccc(OCc3nccn3C)cc2)c(C)c1. The molecule has 0 fully saturated rings. The molecule has 2 aromatic carbocycles. The Morgan fingerprint density at radius 3 is 2.21 bits per heavy atom. The first-order valence-corrected chi connectivity index (χ1v) is 13.9. The molecule has 0 N–H and O–H groups in total. The number of hydrogen-bond donors (Lipinski definition) is 0. The lowest BCUT2D eigenvalue weighted by Crippen LogP contribution is -2.34. The quantitative estimate of drug-likeness (QED) is 0.318. The molecule has 1 aromatic heterocycles. The Kier molecular flexibility index (Phi) is 9.87. The number of ether oxygens (including phenoxy) is 2. The van der Waals surface area contributed by atoms with Crippen LogP contribution in [0.2, 0.25) is 0 Å². The number of imidazole rings is 1. The van der Waals surface area contributed by atoms with Gasteiger partial charge in [0.2, 0.25) is 15.9 Å². The molecule has 0 aliphatic carbocycles. The zero-order valence-corrected chi connectivity index (χ0v) is 24.1. The molecular formula is C28H36N4O6S. The van der Waals surface area contributed by atoms with Gasteiger partial charge in [0.1, 0.15) is 29.7 Å². The molecule has 0 unspecified atom stereocenters. The van der Waals surface area contributed by atoms with Gasteiger partial charge in [-0.05, 0) is 54.8 Å². The number of carbonyl (C=O) groups is 2. The van der Waals surface area contributed by atoms with Crippen molar-refractivity contribution in [3.63, 3.8) is 0 Å². The van der Waals surface area contributed by atoms with E-state index >= 15 is 0 Å². The highest BCUT2D eigenvalue weighted by atomic mass is 32.2. The number of aromatic nitrogens is 2. The van der Waals surface area contributed by atoms with Gasteiger partial charge in [0, 0.05) is 52.9 Å². The normalized spacial score (nSPS) is 11.5. The topological polar surface area (TPSA) is 111 Å². The second-order valence-electron chi connectivity index (χ2n) is 9.53. The van der Waals surface area contributed by atoms with Crippen molar-refractivity contribution in [1.82, 2.24) is 18.8 Å². The van der Waals surface area contributed by atoms with Crippen LogP contribution in [0.3, 0.4) is 0 Å². The maximum Gasteiger partial charge on any atom is 0.243 e. The van der Waals surface area contributed by atoms with Crippen molar-refractivity contribution < 1.29 is 27.5 Å². The Balaban J connectivity index is 1.48. The summed E-state index contributed by atoms with van der Waals surface area (Å²) in [7, 11) is 2.57. The van der Waals surface area contributed by atoms with Gasteiger partial charge in [-0.25, -0.2) is 13.4 Å². The minimum atomic E-state index is -3.89. The summed E-state index contributed by atoms with van der Waals surface area (Å²) in [5.74, 6) is 1.54. The largest absolute Gasteiger partial charge is 0.497 e. The van der Waals surface area contributed by atoms with Crippen LogP contribution in [-0.4, -0.2) is 66.6 Å². The molecular weight excluding hydrogens is 520 g/mol. The lowest BCUT2D eigenvalue weighted by atomic mass is 10.1. The Bertz CT molecular complexity index is 1390. The number of methoxy groups -OCH3 is 1. The van der Waals surface area contributed by atoms with Crippen LogP contribution in [0.15, 0.2) is 53.7 Å². The lowest BCUT2D eigenvalue weighted by Gasteiger charge is -2.20. The van der Waals surface area contributed by atoms with Crippen molar-refractivity contribution in [2.45, 2.75) is 44.7 Å². The number of aryl methyl sites for hydroxylation is 3. The van der Waals surface area contributed by atoms with Gasteiger partial charge in [-0.1, -0.05) is 12.1 Å². The molecule has 1 amide bonds. The number of ketones is 1. The summed E-state index contributed by atoms with van der Waals surface area (Å²) in [6.45, 7) is 3.79. The summed E-state index contributed by atoms with van der Waals surface area (Å²) in [5.41, 5.74) is 1.99. The van der Waals surface area contributed by atoms with Crippen molar-refractivity contribution in [3.8, 4) is 11.5 Å². The molecule has 0 saturated carbocycles. The smallest absolute Gasteiger partial charge is 0.243 e. The van der Waals surface area contributed by atoms with Gasteiger partial charge in [0.15, 0.2) is 0 Å². The third kappa shape index (κ3) is 7.67.